The third-order valence-corrected chi connectivity index (χ3v) is 4.04. The van der Waals surface area contributed by atoms with Crippen LogP contribution >= 0.6 is 0 Å². The number of phenols is 1. The second-order valence-electron chi connectivity index (χ2n) is 5.61. The Bertz CT molecular complexity index is 940. The number of aromatic nitrogens is 2. The van der Waals surface area contributed by atoms with Gasteiger partial charge in [0.2, 0.25) is 0 Å². The normalized spacial score (nSPS) is 11.0. The lowest BCUT2D eigenvalue weighted by Crippen LogP contribution is -1.92. The molecule has 4 rings (SSSR count). The van der Waals surface area contributed by atoms with Crippen molar-refractivity contribution < 1.29 is 23.8 Å². The molecule has 132 valence electrons. The fourth-order valence-electron chi connectivity index (χ4n) is 2.78. The van der Waals surface area contributed by atoms with Crippen LogP contribution < -0.4 is 4.74 Å². The monoisotopic (exact) mass is 352 g/mol. The van der Waals surface area contributed by atoms with Gasteiger partial charge in [-0.3, -0.25) is 0 Å². The second kappa shape index (κ2) is 6.45. The summed E-state index contributed by atoms with van der Waals surface area (Å²) in [5, 5.41) is 19.6. The van der Waals surface area contributed by atoms with Crippen molar-refractivity contribution in [1.29, 1.82) is 0 Å². The van der Waals surface area contributed by atoms with Gasteiger partial charge in [0.15, 0.2) is 23.0 Å². The van der Waals surface area contributed by atoms with Gasteiger partial charge in [-0.25, -0.2) is 4.98 Å². The van der Waals surface area contributed by atoms with Crippen molar-refractivity contribution in [2.24, 2.45) is 0 Å². The highest BCUT2D eigenvalue weighted by Gasteiger charge is 2.20. The van der Waals surface area contributed by atoms with Gasteiger partial charge in [-0.05, 0) is 36.4 Å². The molecule has 3 N–H and O–H groups in total. The van der Waals surface area contributed by atoms with Crippen molar-refractivity contribution in [3.63, 3.8) is 0 Å². The summed E-state index contributed by atoms with van der Waals surface area (Å²) in [7, 11) is 1.45. The summed E-state index contributed by atoms with van der Waals surface area (Å²) in [5.74, 6) is 1.89. The van der Waals surface area contributed by atoms with Crippen LogP contribution in [0.2, 0.25) is 0 Å². The molecule has 0 atom stereocenters. The summed E-state index contributed by atoms with van der Waals surface area (Å²) in [6, 6.07) is 10.5. The van der Waals surface area contributed by atoms with Crippen molar-refractivity contribution in [2.75, 3.05) is 7.11 Å². The number of benzene rings is 1. The second-order valence-corrected chi connectivity index (χ2v) is 5.61. The number of aromatic hydroxyl groups is 1. The number of hydrogen-bond acceptors (Lipinski definition) is 6. The molecule has 0 bridgehead atoms. The van der Waals surface area contributed by atoms with Gasteiger partial charge >= 0.3 is 0 Å². The van der Waals surface area contributed by atoms with Crippen LogP contribution in [0.3, 0.4) is 0 Å². The van der Waals surface area contributed by atoms with Crippen molar-refractivity contribution in [2.45, 2.75) is 6.61 Å². The Balaban J connectivity index is 1.90. The molecule has 7 nitrogen and oxygen atoms in total. The van der Waals surface area contributed by atoms with Crippen LogP contribution in [-0.4, -0.2) is 27.3 Å². The summed E-state index contributed by atoms with van der Waals surface area (Å²) in [6.45, 7) is -0.327. The number of nitrogens with one attached hydrogen (secondary N) is 1. The highest BCUT2D eigenvalue weighted by molar-refractivity contribution is 5.77. The number of aliphatic hydroxyl groups excluding tert-OH is 1. The van der Waals surface area contributed by atoms with E-state index in [0.29, 0.717) is 39.9 Å². The molecule has 0 amide bonds. The van der Waals surface area contributed by atoms with Gasteiger partial charge in [0.25, 0.3) is 0 Å². The molecule has 0 fully saturated rings. The maximum absolute atomic E-state index is 10.1. The Labute approximate surface area is 148 Å². The van der Waals surface area contributed by atoms with Crippen LogP contribution in [0.1, 0.15) is 5.56 Å². The molecule has 0 unspecified atom stereocenters. The standard InChI is InChI=1S/C19H16N2O5/c1-24-15-9-11(8-12(10-22)18(15)23)19-20-16(13-4-2-6-25-13)17(21-19)14-5-3-7-26-14/h2-9,22-23H,10H2,1H3,(H,20,21). The Kier molecular flexibility index (Phi) is 3.98. The van der Waals surface area contributed by atoms with Crippen LogP contribution in [-0.2, 0) is 6.61 Å². The SMILES string of the molecule is COc1cc(-c2nc(-c3ccco3)c(-c3ccco3)[nH]2)cc(CO)c1O. The van der Waals surface area contributed by atoms with Crippen molar-refractivity contribution in [3.8, 4) is 45.8 Å². The maximum atomic E-state index is 10.1. The molecular formula is C19H16N2O5. The molecule has 7 heteroatoms. The Hall–Kier alpha value is -3.45. The number of aromatic amines is 1. The number of imidazole rings is 1. The first-order valence-electron chi connectivity index (χ1n) is 7.90. The highest BCUT2D eigenvalue weighted by Crippen LogP contribution is 2.38. The van der Waals surface area contributed by atoms with E-state index in [0.717, 1.165) is 0 Å². The van der Waals surface area contributed by atoms with Crippen LogP contribution in [0.15, 0.2) is 57.8 Å². The van der Waals surface area contributed by atoms with E-state index >= 15 is 0 Å². The minimum atomic E-state index is -0.327. The molecule has 4 aromatic rings. The predicted molar refractivity (Wildman–Crippen MR) is 93.6 cm³/mol. The van der Waals surface area contributed by atoms with Crippen molar-refractivity contribution >= 4 is 0 Å². The fraction of sp³-hybridized carbons (Fsp3) is 0.105. The molecule has 3 heterocycles. The summed E-state index contributed by atoms with van der Waals surface area (Å²) in [5.41, 5.74) is 2.25. The van der Waals surface area contributed by atoms with Crippen LogP contribution in [0.5, 0.6) is 11.5 Å². The molecule has 0 saturated carbocycles. The third-order valence-electron chi connectivity index (χ3n) is 4.04. The zero-order valence-electron chi connectivity index (χ0n) is 13.9. The van der Waals surface area contributed by atoms with E-state index in [1.165, 1.54) is 7.11 Å². The maximum Gasteiger partial charge on any atom is 0.163 e. The van der Waals surface area contributed by atoms with E-state index in [4.69, 9.17) is 13.6 Å². The molecule has 0 saturated heterocycles. The highest BCUT2D eigenvalue weighted by atomic mass is 16.5. The Morgan fingerprint density at radius 2 is 1.85 bits per heavy atom. The van der Waals surface area contributed by atoms with E-state index in [-0.39, 0.29) is 18.1 Å². The first kappa shape index (κ1) is 16.0. The van der Waals surface area contributed by atoms with Gasteiger partial charge in [0.1, 0.15) is 17.2 Å². The van der Waals surface area contributed by atoms with E-state index in [2.05, 4.69) is 9.97 Å². The lowest BCUT2D eigenvalue weighted by molar-refractivity contribution is 0.272. The lowest BCUT2D eigenvalue weighted by Gasteiger charge is -2.09. The summed E-state index contributed by atoms with van der Waals surface area (Å²) < 4.78 is 16.2. The van der Waals surface area contributed by atoms with Gasteiger partial charge in [0.05, 0.1) is 26.2 Å². The van der Waals surface area contributed by atoms with Crippen molar-refractivity contribution in [3.05, 3.63) is 54.5 Å². The van der Waals surface area contributed by atoms with Crippen LogP contribution in [0.25, 0.3) is 34.3 Å². The third kappa shape index (κ3) is 2.64. The number of rotatable bonds is 5. The largest absolute Gasteiger partial charge is 0.504 e. The first-order chi connectivity index (χ1) is 12.7. The topological polar surface area (TPSA) is 105 Å². The number of ether oxygens (including phenoxy) is 1. The molecule has 26 heavy (non-hydrogen) atoms. The first-order valence-corrected chi connectivity index (χ1v) is 7.90. The predicted octanol–water partition coefficient (Wildman–Crippen LogP) is 3.80. The summed E-state index contributed by atoms with van der Waals surface area (Å²) in [4.78, 5) is 7.86. The quantitative estimate of drug-likeness (QED) is 0.504. The molecule has 0 aliphatic heterocycles. The van der Waals surface area contributed by atoms with E-state index in [1.807, 2.05) is 12.1 Å². The van der Waals surface area contributed by atoms with Gasteiger partial charge in [-0.15, -0.1) is 0 Å². The zero-order valence-corrected chi connectivity index (χ0v) is 13.9. The number of methoxy groups -OCH3 is 1. The van der Waals surface area contributed by atoms with E-state index in [1.54, 1.807) is 36.8 Å². The number of nitrogens with zero attached hydrogens (tertiary/aromatic N) is 1. The molecule has 1 aromatic carbocycles. The zero-order chi connectivity index (χ0) is 18.1. The van der Waals surface area contributed by atoms with Gasteiger partial charge < -0.3 is 28.8 Å². The van der Waals surface area contributed by atoms with E-state index in [9.17, 15) is 10.2 Å². The van der Waals surface area contributed by atoms with Crippen molar-refractivity contribution in [1.82, 2.24) is 9.97 Å². The molecule has 0 radical (unpaired) electrons. The van der Waals surface area contributed by atoms with E-state index < -0.39 is 0 Å². The smallest absolute Gasteiger partial charge is 0.163 e. The Morgan fingerprint density at radius 3 is 2.46 bits per heavy atom. The van der Waals surface area contributed by atoms with Crippen LogP contribution in [0, 0.1) is 0 Å². The molecular weight excluding hydrogens is 336 g/mol. The summed E-state index contributed by atoms with van der Waals surface area (Å²) >= 11 is 0. The average molecular weight is 352 g/mol. The number of hydrogen-bond donors (Lipinski definition) is 3. The molecule has 3 aromatic heterocycles. The number of furan rings is 2. The van der Waals surface area contributed by atoms with Gasteiger partial charge in [-0.1, -0.05) is 0 Å². The molecule has 0 aliphatic carbocycles. The molecule has 0 spiro atoms. The number of H-pyrrole nitrogens is 1. The fourth-order valence-corrected chi connectivity index (χ4v) is 2.78. The summed E-state index contributed by atoms with van der Waals surface area (Å²) in [6.07, 6.45) is 3.15. The number of aliphatic hydroxyl groups is 1. The molecule has 0 aliphatic rings. The Morgan fingerprint density at radius 1 is 1.12 bits per heavy atom. The average Bonchev–Trinajstić information content (AvgIpc) is 3.41. The minimum absolute atomic E-state index is 0.0946. The lowest BCUT2D eigenvalue weighted by atomic mass is 10.1. The van der Waals surface area contributed by atoms with Gasteiger partial charge in [-0.2, -0.15) is 0 Å². The van der Waals surface area contributed by atoms with Gasteiger partial charge in [0, 0.05) is 11.1 Å². The van der Waals surface area contributed by atoms with Crippen LogP contribution in [0.4, 0.5) is 0 Å². The minimum Gasteiger partial charge on any atom is -0.504 e.